The summed E-state index contributed by atoms with van der Waals surface area (Å²) in [6, 6.07) is 18.6. The van der Waals surface area contributed by atoms with Crippen LogP contribution < -0.4 is 32.0 Å². The van der Waals surface area contributed by atoms with Crippen LogP contribution in [0.25, 0.3) is 16.7 Å². The summed E-state index contributed by atoms with van der Waals surface area (Å²) in [6.07, 6.45) is 4.43. The van der Waals surface area contributed by atoms with E-state index in [0.717, 1.165) is 48.3 Å². The van der Waals surface area contributed by atoms with Gasteiger partial charge in [-0.05, 0) is 116 Å². The topological polar surface area (TPSA) is 506 Å². The standard InChI is InChI=1S/C40H29N13O18S5.H2O/c41-32-31-21(15-28(73-70-69-58)33(35(31)54)51-49-22-6-9-26(10-7-22)72-14-13-68-71-76(65,66)67)16-30(75(62,63)64)34(32)52-50-25-8-11-29(74(59,60)61)27(18-25)45-39-46-38(44-24-5-1-4-23(17-24)43-37(42)57)47-40(48-39)53-12-2-3-20(19-53)36(55)56;/h1-12,15-19H,(H12-,41,42,43,44,45,46,47,48,49,50,54,55,56,57,58,59,60,61,62,63,64,65,66,67);1H2/p+1. The van der Waals surface area contributed by atoms with Crippen molar-refractivity contribution in [3.8, 4) is 23.1 Å². The summed E-state index contributed by atoms with van der Waals surface area (Å²) in [6.45, 7) is 0. The lowest BCUT2D eigenvalue weighted by Gasteiger charge is -2.14. The Bertz CT molecular complexity index is 3920. The number of carbonyl (C=O) groups is 2. The molecule has 77 heavy (non-hydrogen) atoms. The molecule has 0 spiro atoms. The summed E-state index contributed by atoms with van der Waals surface area (Å²) in [5, 5.41) is 59.7. The number of azo groups is 2. The molecule has 0 unspecified atom stereocenters. The number of nitrogens with two attached hydrogens (primary N) is 2. The Hall–Kier alpha value is -8.75. The third-order valence-electron chi connectivity index (χ3n) is 9.26. The quantitative estimate of drug-likeness (QED) is 0.00512. The van der Waals surface area contributed by atoms with Gasteiger partial charge in [0.05, 0.1) is 63.0 Å². The van der Waals surface area contributed by atoms with Crippen molar-refractivity contribution >= 4 is 135 Å². The van der Waals surface area contributed by atoms with Crippen LogP contribution in [-0.2, 0) is 49.2 Å². The van der Waals surface area contributed by atoms with Gasteiger partial charge in [0, 0.05) is 21.5 Å². The lowest BCUT2D eigenvalue weighted by molar-refractivity contribution is -0.603. The number of phenolic OH excluding ortho intramolecular Hbond substituents is 1. The Morgan fingerprint density at radius 3 is 2.09 bits per heavy atom. The van der Waals surface area contributed by atoms with Crippen molar-refractivity contribution in [1.29, 1.82) is 0 Å². The number of amides is 2. The number of carbonyl (C=O) groups excluding carboxylic acids is 1. The molecule has 0 fully saturated rings. The minimum atomic E-state index is -5.24. The van der Waals surface area contributed by atoms with Gasteiger partial charge < -0.3 is 43.1 Å². The van der Waals surface area contributed by atoms with Crippen LogP contribution in [0.2, 0.25) is 0 Å². The average molecular weight is 1160 g/mol. The SMILES string of the molecule is NC(=O)Nc1cccc(Nc2nc(Nc3cc(N=Nc4c(S(=O)(=O)O)cc5cc(SOOO)c(N=Nc6ccc(SC#COOS(=O)(=O)O)cc6)c(O)c5c4N)ccc3S(=O)(=O)O)nc(-[n+]3cccc(C(=O)O)c3)n2)c1.O. The van der Waals surface area contributed by atoms with Gasteiger partial charge in [-0.2, -0.15) is 35.5 Å². The summed E-state index contributed by atoms with van der Waals surface area (Å²) in [4.78, 5) is 38.9. The fourth-order valence-corrected chi connectivity index (χ4v) is 8.64. The van der Waals surface area contributed by atoms with E-state index in [-0.39, 0.29) is 73.4 Å². The number of nitrogen functional groups attached to an aromatic ring is 1. The smallest absolute Gasteiger partial charge is 0.444 e. The van der Waals surface area contributed by atoms with Crippen LogP contribution in [0.1, 0.15) is 10.4 Å². The van der Waals surface area contributed by atoms with E-state index >= 15 is 0 Å². The average Bonchev–Trinajstić information content (AvgIpc) is 3.37. The van der Waals surface area contributed by atoms with Crippen molar-refractivity contribution in [3.63, 3.8) is 0 Å². The molecule has 7 aromatic rings. The molecular formula is C40H32N13O19S5+. The molecule has 0 radical (unpaired) electrons. The van der Waals surface area contributed by atoms with Crippen LogP contribution in [0.3, 0.4) is 0 Å². The van der Waals surface area contributed by atoms with E-state index < -0.39 is 86.9 Å². The second kappa shape index (κ2) is 24.3. The summed E-state index contributed by atoms with van der Waals surface area (Å²) in [5.74, 6) is -3.00. The first kappa shape index (κ1) is 57.5. The Labute approximate surface area is 439 Å². The maximum atomic E-state index is 12.9. The molecule has 15 N–H and O–H groups in total. The molecule has 0 aliphatic heterocycles. The zero-order chi connectivity index (χ0) is 55.0. The first-order chi connectivity index (χ1) is 35.9. The number of aromatic carboxylic acids is 1. The van der Waals surface area contributed by atoms with Crippen LogP contribution in [-0.4, -0.2) is 86.8 Å². The number of hydrogen-bond acceptors (Lipinski definition) is 26. The zero-order valence-electron chi connectivity index (χ0n) is 37.7. The van der Waals surface area contributed by atoms with Crippen molar-refractivity contribution < 1.29 is 92.6 Å². The number of anilines is 6. The zero-order valence-corrected chi connectivity index (χ0v) is 41.8. The lowest BCUT2D eigenvalue weighted by atomic mass is 10.1. The normalized spacial score (nSPS) is 11.7. The van der Waals surface area contributed by atoms with Gasteiger partial charge >= 0.3 is 40.2 Å². The van der Waals surface area contributed by atoms with E-state index in [2.05, 4.69) is 75.2 Å². The largest absolute Gasteiger partial charge is 0.505 e. The third kappa shape index (κ3) is 15.2. The maximum absolute atomic E-state index is 12.9. The van der Waals surface area contributed by atoms with Crippen LogP contribution in [0, 0.1) is 11.4 Å². The van der Waals surface area contributed by atoms with Gasteiger partial charge in [-0.15, -0.1) is 19.5 Å². The molecule has 32 nitrogen and oxygen atoms in total. The molecule has 5 aromatic carbocycles. The molecule has 37 heteroatoms. The molecule has 0 atom stereocenters. The molecule has 400 valence electrons. The summed E-state index contributed by atoms with van der Waals surface area (Å²) in [5.41, 5.74) is 9.67. The minimum absolute atomic E-state index is 0. The van der Waals surface area contributed by atoms with E-state index in [4.69, 9.17) is 21.3 Å². The van der Waals surface area contributed by atoms with E-state index in [1.807, 2.05) is 6.11 Å². The van der Waals surface area contributed by atoms with Gasteiger partial charge in [-0.3, -0.25) is 18.5 Å². The van der Waals surface area contributed by atoms with E-state index in [9.17, 15) is 54.2 Å². The Morgan fingerprint density at radius 2 is 1.43 bits per heavy atom. The summed E-state index contributed by atoms with van der Waals surface area (Å²) in [7, 11) is -15.2. The van der Waals surface area contributed by atoms with Gasteiger partial charge in [0.2, 0.25) is 0 Å². The number of urea groups is 1. The molecule has 7 rings (SSSR count). The second-order valence-electron chi connectivity index (χ2n) is 14.4. The molecular weight excluding hydrogens is 1130 g/mol. The minimum Gasteiger partial charge on any atom is -0.505 e. The number of carboxylic acids is 1. The molecule has 0 aliphatic rings. The number of hydrogen-bond donors (Lipinski definition) is 11. The van der Waals surface area contributed by atoms with Gasteiger partial charge in [0.1, 0.15) is 21.2 Å². The number of carboxylic acid groups (broad SMARTS) is 1. The van der Waals surface area contributed by atoms with E-state index in [1.165, 1.54) is 59.3 Å². The number of pyridine rings is 1. The second-order valence-corrected chi connectivity index (χ2v) is 19.7. The fourth-order valence-electron chi connectivity index (χ4n) is 6.26. The van der Waals surface area contributed by atoms with Crippen LogP contribution in [0.5, 0.6) is 5.75 Å². The molecule has 2 amide bonds. The van der Waals surface area contributed by atoms with Crippen molar-refractivity contribution in [1.82, 2.24) is 15.0 Å². The van der Waals surface area contributed by atoms with Crippen molar-refractivity contribution in [2.24, 2.45) is 26.2 Å². The number of aromatic hydroxyl groups is 1. The number of aromatic nitrogens is 4. The summed E-state index contributed by atoms with van der Waals surface area (Å²) >= 11 is 1.12. The summed E-state index contributed by atoms with van der Waals surface area (Å²) < 4.78 is 111. The molecule has 0 saturated carbocycles. The van der Waals surface area contributed by atoms with Crippen LogP contribution in [0.15, 0.2) is 143 Å². The Kier molecular flexibility index (Phi) is 18.1. The van der Waals surface area contributed by atoms with E-state index in [0.29, 0.717) is 4.90 Å². The highest BCUT2D eigenvalue weighted by Crippen LogP contribution is 2.50. The Balaban J connectivity index is 0.00000961. The fraction of sp³-hybridized carbons (Fsp3) is 0. The molecule has 0 bridgehead atoms. The van der Waals surface area contributed by atoms with Gasteiger partial charge in [0.15, 0.2) is 11.9 Å². The van der Waals surface area contributed by atoms with Gasteiger partial charge in [0.25, 0.3) is 20.2 Å². The van der Waals surface area contributed by atoms with Crippen LogP contribution in [0.4, 0.5) is 62.2 Å². The predicted molar refractivity (Wildman–Crippen MR) is 267 cm³/mol. The monoisotopic (exact) mass is 1160 g/mol. The highest BCUT2D eigenvalue weighted by atomic mass is 32.3. The predicted octanol–water partition coefficient (Wildman–Crippen LogP) is 5.95. The van der Waals surface area contributed by atoms with E-state index in [1.54, 1.807) is 12.1 Å². The molecule has 2 aromatic heterocycles. The number of benzene rings is 5. The van der Waals surface area contributed by atoms with Crippen molar-refractivity contribution in [3.05, 3.63) is 109 Å². The maximum Gasteiger partial charge on any atom is 0.444 e. The number of nitrogens with one attached hydrogen (secondary N) is 3. The van der Waals surface area contributed by atoms with Gasteiger partial charge in [-0.25, -0.2) is 19.4 Å². The number of rotatable bonds is 19. The molecule has 0 saturated heterocycles. The number of thioether (sulfide) groups is 1. The highest BCUT2D eigenvalue weighted by molar-refractivity contribution is 8.04. The van der Waals surface area contributed by atoms with Crippen molar-refractivity contribution in [2.75, 3.05) is 21.7 Å². The number of nitrogens with zero attached hydrogens (tertiary/aromatic N) is 8. The number of phenols is 1. The van der Waals surface area contributed by atoms with Crippen LogP contribution >= 0.6 is 23.8 Å². The molecule has 0 aliphatic carbocycles. The number of primary amides is 1. The number of fused-ring (bicyclic) bond motifs is 1. The lowest BCUT2D eigenvalue weighted by Crippen LogP contribution is -2.34. The Morgan fingerprint density at radius 1 is 0.766 bits per heavy atom. The third-order valence-corrected chi connectivity index (χ3v) is 12.6. The first-order valence-electron chi connectivity index (χ1n) is 20.0. The molecule has 2 heterocycles. The van der Waals surface area contributed by atoms with Crippen molar-refractivity contribution in [2.45, 2.75) is 19.6 Å². The first-order valence-corrected chi connectivity index (χ1v) is 25.8. The highest BCUT2D eigenvalue weighted by Gasteiger charge is 2.27. The van der Waals surface area contributed by atoms with Gasteiger partial charge in [-0.1, -0.05) is 11.1 Å².